The summed E-state index contributed by atoms with van der Waals surface area (Å²) in [6.45, 7) is 2.70. The lowest BCUT2D eigenvalue weighted by atomic mass is 10.1. The Morgan fingerprint density at radius 1 is 1.35 bits per heavy atom. The molecule has 1 aliphatic heterocycles. The van der Waals surface area contributed by atoms with Gasteiger partial charge in [0.05, 0.1) is 12.7 Å². The molecule has 2 heterocycles. The zero-order chi connectivity index (χ0) is 13.9. The van der Waals surface area contributed by atoms with Crippen LogP contribution in [0.2, 0.25) is 5.02 Å². The van der Waals surface area contributed by atoms with Crippen molar-refractivity contribution < 1.29 is 4.42 Å². The Labute approximate surface area is 123 Å². The lowest BCUT2D eigenvalue weighted by Crippen LogP contribution is -2.42. The molecule has 1 aromatic heterocycles. The van der Waals surface area contributed by atoms with E-state index >= 15 is 0 Å². The fraction of sp³-hybridized carbons (Fsp3) is 0.400. The summed E-state index contributed by atoms with van der Waals surface area (Å²) in [6.07, 6.45) is 4.02. The lowest BCUT2D eigenvalue weighted by Gasteiger charge is -2.29. The fourth-order valence-electron chi connectivity index (χ4n) is 2.56. The van der Waals surface area contributed by atoms with Crippen LogP contribution >= 0.6 is 11.6 Å². The SMILES string of the molecule is N[C@@H]1CCCN(Cc2ncc(-c3ccc(Cl)cc3)o2)C1. The molecule has 1 atom stereocenters. The van der Waals surface area contributed by atoms with E-state index in [0.717, 1.165) is 54.7 Å². The summed E-state index contributed by atoms with van der Waals surface area (Å²) in [4.78, 5) is 6.65. The molecule has 1 saturated heterocycles. The molecule has 0 amide bonds. The van der Waals surface area contributed by atoms with Crippen LogP contribution in [0.15, 0.2) is 34.9 Å². The predicted molar refractivity (Wildman–Crippen MR) is 79.4 cm³/mol. The molecule has 0 radical (unpaired) electrons. The van der Waals surface area contributed by atoms with Gasteiger partial charge in [0.15, 0.2) is 5.76 Å². The zero-order valence-corrected chi connectivity index (χ0v) is 12.0. The fourth-order valence-corrected chi connectivity index (χ4v) is 2.68. The minimum atomic E-state index is 0.273. The van der Waals surface area contributed by atoms with Crippen molar-refractivity contribution in [1.29, 1.82) is 0 Å². The number of benzene rings is 1. The lowest BCUT2D eigenvalue weighted by molar-refractivity contribution is 0.185. The third kappa shape index (κ3) is 3.20. The Morgan fingerprint density at radius 3 is 2.90 bits per heavy atom. The zero-order valence-electron chi connectivity index (χ0n) is 11.3. The van der Waals surface area contributed by atoms with Crippen molar-refractivity contribution in [2.75, 3.05) is 13.1 Å². The average Bonchev–Trinajstić information content (AvgIpc) is 2.88. The van der Waals surface area contributed by atoms with Gasteiger partial charge in [0.1, 0.15) is 0 Å². The van der Waals surface area contributed by atoms with Gasteiger partial charge in [0.2, 0.25) is 5.89 Å². The van der Waals surface area contributed by atoms with Gasteiger partial charge >= 0.3 is 0 Å². The van der Waals surface area contributed by atoms with Crippen molar-refractivity contribution in [2.24, 2.45) is 5.73 Å². The highest BCUT2D eigenvalue weighted by Crippen LogP contribution is 2.23. The summed E-state index contributed by atoms with van der Waals surface area (Å²) in [7, 11) is 0. The number of nitrogens with two attached hydrogens (primary N) is 1. The quantitative estimate of drug-likeness (QED) is 0.945. The monoisotopic (exact) mass is 291 g/mol. The summed E-state index contributed by atoms with van der Waals surface area (Å²) in [5.74, 6) is 1.52. The van der Waals surface area contributed by atoms with Gasteiger partial charge < -0.3 is 10.2 Å². The summed E-state index contributed by atoms with van der Waals surface area (Å²) >= 11 is 5.88. The molecule has 2 N–H and O–H groups in total. The molecule has 1 aromatic carbocycles. The Bertz CT molecular complexity index is 567. The maximum absolute atomic E-state index is 5.98. The van der Waals surface area contributed by atoms with Crippen molar-refractivity contribution in [1.82, 2.24) is 9.88 Å². The van der Waals surface area contributed by atoms with Crippen molar-refractivity contribution in [2.45, 2.75) is 25.4 Å². The van der Waals surface area contributed by atoms with Gasteiger partial charge in [-0.05, 0) is 43.7 Å². The Hall–Kier alpha value is -1.36. The second-order valence-electron chi connectivity index (χ2n) is 5.26. The Morgan fingerprint density at radius 2 is 2.15 bits per heavy atom. The summed E-state index contributed by atoms with van der Waals surface area (Å²) < 4.78 is 5.81. The molecule has 0 bridgehead atoms. The topological polar surface area (TPSA) is 55.3 Å². The molecule has 2 aromatic rings. The van der Waals surface area contributed by atoms with E-state index in [1.165, 1.54) is 0 Å². The summed E-state index contributed by atoms with van der Waals surface area (Å²) in [5, 5.41) is 0.718. The number of oxazole rings is 1. The number of rotatable bonds is 3. The van der Waals surface area contributed by atoms with E-state index in [1.807, 2.05) is 24.3 Å². The minimum absolute atomic E-state index is 0.273. The van der Waals surface area contributed by atoms with Crippen LogP contribution in [0, 0.1) is 0 Å². The number of nitrogens with zero attached hydrogens (tertiary/aromatic N) is 2. The van der Waals surface area contributed by atoms with E-state index in [1.54, 1.807) is 6.20 Å². The van der Waals surface area contributed by atoms with Crippen LogP contribution < -0.4 is 5.73 Å². The van der Waals surface area contributed by atoms with Gasteiger partial charge in [-0.15, -0.1) is 0 Å². The number of piperidine rings is 1. The first-order chi connectivity index (χ1) is 9.70. The highest BCUT2D eigenvalue weighted by Gasteiger charge is 2.18. The van der Waals surface area contributed by atoms with E-state index in [-0.39, 0.29) is 6.04 Å². The molecule has 0 aliphatic carbocycles. The first kappa shape index (κ1) is 13.6. The molecule has 1 aliphatic rings. The van der Waals surface area contributed by atoms with Crippen LogP contribution in [0.3, 0.4) is 0 Å². The third-order valence-electron chi connectivity index (χ3n) is 3.58. The van der Waals surface area contributed by atoms with Crippen molar-refractivity contribution >= 4 is 11.6 Å². The first-order valence-corrected chi connectivity index (χ1v) is 7.27. The molecule has 3 rings (SSSR count). The minimum Gasteiger partial charge on any atom is -0.439 e. The number of likely N-dealkylation sites (tertiary alicyclic amines) is 1. The molecule has 20 heavy (non-hydrogen) atoms. The molecule has 4 nitrogen and oxygen atoms in total. The number of aromatic nitrogens is 1. The van der Waals surface area contributed by atoms with Crippen molar-refractivity contribution in [3.8, 4) is 11.3 Å². The smallest absolute Gasteiger partial charge is 0.209 e. The summed E-state index contributed by atoms with van der Waals surface area (Å²) in [5.41, 5.74) is 6.97. The maximum atomic E-state index is 5.98. The Kier molecular flexibility index (Phi) is 4.05. The highest BCUT2D eigenvalue weighted by atomic mass is 35.5. The molecule has 106 valence electrons. The van der Waals surface area contributed by atoms with Crippen LogP contribution in [0.5, 0.6) is 0 Å². The van der Waals surface area contributed by atoms with E-state index in [0.29, 0.717) is 0 Å². The van der Waals surface area contributed by atoms with E-state index in [2.05, 4.69) is 9.88 Å². The largest absolute Gasteiger partial charge is 0.439 e. The van der Waals surface area contributed by atoms with Crippen molar-refractivity contribution in [3.63, 3.8) is 0 Å². The highest BCUT2D eigenvalue weighted by molar-refractivity contribution is 6.30. The van der Waals surface area contributed by atoms with Gasteiger partial charge in [0.25, 0.3) is 0 Å². The number of halogens is 1. The van der Waals surface area contributed by atoms with Crippen LogP contribution in [0.25, 0.3) is 11.3 Å². The first-order valence-electron chi connectivity index (χ1n) is 6.89. The molecule has 0 spiro atoms. The molecular weight excluding hydrogens is 274 g/mol. The molecular formula is C15H18ClN3O. The predicted octanol–water partition coefficient (Wildman–Crippen LogP) is 2.92. The normalized spacial score (nSPS) is 20.2. The Balaban J connectivity index is 1.69. The molecule has 0 unspecified atom stereocenters. The molecule has 5 heteroatoms. The van der Waals surface area contributed by atoms with Crippen LogP contribution in [-0.4, -0.2) is 29.0 Å². The third-order valence-corrected chi connectivity index (χ3v) is 3.84. The van der Waals surface area contributed by atoms with Crippen LogP contribution in [0.4, 0.5) is 0 Å². The van der Waals surface area contributed by atoms with E-state index < -0.39 is 0 Å². The average molecular weight is 292 g/mol. The maximum Gasteiger partial charge on any atom is 0.209 e. The van der Waals surface area contributed by atoms with Gasteiger partial charge in [-0.25, -0.2) is 4.98 Å². The van der Waals surface area contributed by atoms with Gasteiger partial charge in [0, 0.05) is 23.2 Å². The summed E-state index contributed by atoms with van der Waals surface area (Å²) in [6, 6.07) is 7.84. The van der Waals surface area contributed by atoms with Gasteiger partial charge in [-0.3, -0.25) is 4.90 Å². The second kappa shape index (κ2) is 5.95. The number of hydrogen-bond donors (Lipinski definition) is 1. The molecule has 1 fully saturated rings. The van der Waals surface area contributed by atoms with Gasteiger partial charge in [-0.2, -0.15) is 0 Å². The van der Waals surface area contributed by atoms with Crippen LogP contribution in [-0.2, 0) is 6.54 Å². The van der Waals surface area contributed by atoms with Crippen molar-refractivity contribution in [3.05, 3.63) is 41.4 Å². The molecule has 0 saturated carbocycles. The van der Waals surface area contributed by atoms with Gasteiger partial charge in [-0.1, -0.05) is 11.6 Å². The van der Waals surface area contributed by atoms with E-state index in [9.17, 15) is 0 Å². The standard InChI is InChI=1S/C15H18ClN3O/c16-12-5-3-11(4-6-12)14-8-18-15(20-14)10-19-7-1-2-13(17)9-19/h3-6,8,13H,1-2,7,9-10,17H2/t13-/m1/s1. The van der Waals surface area contributed by atoms with E-state index in [4.69, 9.17) is 21.8 Å². The number of hydrogen-bond acceptors (Lipinski definition) is 4. The second-order valence-corrected chi connectivity index (χ2v) is 5.70. The van der Waals surface area contributed by atoms with Crippen LogP contribution in [0.1, 0.15) is 18.7 Å².